The number of aliphatic carboxylic acids is 1. The molecule has 27 heavy (non-hydrogen) atoms. The molecule has 0 atom stereocenters. The van der Waals surface area contributed by atoms with Crippen molar-refractivity contribution in [2.24, 2.45) is 5.73 Å². The second-order valence-corrected chi connectivity index (χ2v) is 5.05. The van der Waals surface area contributed by atoms with Crippen molar-refractivity contribution >= 4 is 23.6 Å². The Balaban J connectivity index is 0.000000821. The number of carboxylic acid groups (broad SMARTS) is 1. The molecule has 0 aliphatic carbocycles. The van der Waals surface area contributed by atoms with Crippen LogP contribution in [0, 0.1) is 0 Å². The number of halogens is 3. The summed E-state index contributed by atoms with van der Waals surface area (Å²) >= 11 is 0. The number of imide groups is 1. The summed E-state index contributed by atoms with van der Waals surface area (Å²) in [6.07, 6.45) is -1.92. The number of carboxylic acids is 1. The molecule has 0 aromatic heterocycles. The Labute approximate surface area is 152 Å². The van der Waals surface area contributed by atoms with E-state index in [1.807, 2.05) is 0 Å². The molecule has 1 aliphatic rings. The van der Waals surface area contributed by atoms with Crippen LogP contribution in [0.4, 0.5) is 13.2 Å². The zero-order valence-corrected chi connectivity index (χ0v) is 14.4. The van der Waals surface area contributed by atoms with Crippen molar-refractivity contribution < 1.29 is 46.9 Å². The molecule has 9 nitrogen and oxygen atoms in total. The summed E-state index contributed by atoms with van der Waals surface area (Å²) in [6, 6.07) is 0. The Morgan fingerprint density at radius 2 is 1.52 bits per heavy atom. The van der Waals surface area contributed by atoms with E-state index in [0.717, 1.165) is 4.90 Å². The number of hydrogen-bond acceptors (Lipinski definition) is 7. The van der Waals surface area contributed by atoms with E-state index in [1.165, 1.54) is 12.2 Å². The first-order chi connectivity index (χ1) is 12.6. The molecule has 0 aromatic rings. The molecule has 3 N–H and O–H groups in total. The van der Waals surface area contributed by atoms with E-state index in [-0.39, 0.29) is 18.7 Å². The van der Waals surface area contributed by atoms with Crippen LogP contribution in [0.2, 0.25) is 0 Å². The highest BCUT2D eigenvalue weighted by Gasteiger charge is 2.38. The number of nitrogens with zero attached hydrogens (tertiary/aromatic N) is 1. The lowest BCUT2D eigenvalue weighted by atomic mass is 10.2. The van der Waals surface area contributed by atoms with Gasteiger partial charge in [-0.2, -0.15) is 13.2 Å². The highest BCUT2D eigenvalue weighted by Crippen LogP contribution is 2.13. The highest BCUT2D eigenvalue weighted by atomic mass is 19.4. The summed E-state index contributed by atoms with van der Waals surface area (Å²) < 4.78 is 42.1. The summed E-state index contributed by atoms with van der Waals surface area (Å²) in [5.74, 6) is -3.78. The van der Waals surface area contributed by atoms with Gasteiger partial charge in [0, 0.05) is 31.7 Å². The zero-order chi connectivity index (χ0) is 20.9. The van der Waals surface area contributed by atoms with Gasteiger partial charge in [-0.25, -0.2) is 4.79 Å². The van der Waals surface area contributed by atoms with Crippen LogP contribution < -0.4 is 5.73 Å². The molecular formula is C15H21F3N2O7. The first-order valence-corrected chi connectivity index (χ1v) is 7.80. The first-order valence-electron chi connectivity index (χ1n) is 7.80. The van der Waals surface area contributed by atoms with E-state index in [0.29, 0.717) is 39.4 Å². The fourth-order valence-corrected chi connectivity index (χ4v) is 1.62. The van der Waals surface area contributed by atoms with E-state index < -0.39 is 24.0 Å². The van der Waals surface area contributed by atoms with E-state index in [1.54, 1.807) is 0 Å². The van der Waals surface area contributed by atoms with Crippen LogP contribution in [-0.2, 0) is 28.7 Å². The third-order valence-electron chi connectivity index (χ3n) is 2.86. The van der Waals surface area contributed by atoms with Crippen LogP contribution in [0.5, 0.6) is 0 Å². The van der Waals surface area contributed by atoms with Crippen molar-refractivity contribution in [3.05, 3.63) is 12.2 Å². The van der Waals surface area contributed by atoms with Crippen molar-refractivity contribution in [3.8, 4) is 0 Å². The van der Waals surface area contributed by atoms with Crippen molar-refractivity contribution in [2.45, 2.75) is 19.0 Å². The predicted molar refractivity (Wildman–Crippen MR) is 84.5 cm³/mol. The minimum absolute atomic E-state index is 0.154. The van der Waals surface area contributed by atoms with Gasteiger partial charge in [0.05, 0.1) is 26.4 Å². The molecule has 0 spiro atoms. The third kappa shape index (κ3) is 11.8. The standard InChI is InChI=1S/C13H20N2O5.C2HF3O2/c14-5-7-20-9-8-19-6-1-2-11(16)10-15-12(17)3-4-13(15)18;3-2(4,5)1(6)7/h3-4H,1-2,5-10,14H2;(H,6,7). The van der Waals surface area contributed by atoms with Crippen LogP contribution in [-0.4, -0.2) is 79.3 Å². The third-order valence-corrected chi connectivity index (χ3v) is 2.86. The molecule has 1 aliphatic heterocycles. The Morgan fingerprint density at radius 3 is 1.96 bits per heavy atom. The summed E-state index contributed by atoms with van der Waals surface area (Å²) in [5.41, 5.74) is 5.25. The lowest BCUT2D eigenvalue weighted by molar-refractivity contribution is -0.192. The summed E-state index contributed by atoms with van der Waals surface area (Å²) in [4.78, 5) is 43.9. The number of amides is 2. The number of hydrogen-bond donors (Lipinski definition) is 2. The number of carbonyl (C=O) groups is 4. The maximum Gasteiger partial charge on any atom is 0.490 e. The second kappa shape index (κ2) is 12.9. The molecule has 154 valence electrons. The monoisotopic (exact) mass is 398 g/mol. The van der Waals surface area contributed by atoms with Crippen molar-refractivity contribution in [1.82, 2.24) is 4.90 Å². The second-order valence-electron chi connectivity index (χ2n) is 5.05. The molecule has 0 fully saturated rings. The molecule has 0 bridgehead atoms. The van der Waals surface area contributed by atoms with Gasteiger partial charge in [-0.15, -0.1) is 0 Å². The Bertz CT molecular complexity index is 532. The summed E-state index contributed by atoms with van der Waals surface area (Å²) in [5, 5.41) is 7.12. The SMILES string of the molecule is NCCOCCOCCCC(=O)CN1C(=O)C=CC1=O.O=C(O)C(F)(F)F. The number of Topliss-reactive ketones (excluding diaryl/α,β-unsaturated/α-hetero) is 1. The smallest absolute Gasteiger partial charge is 0.475 e. The quantitative estimate of drug-likeness (QED) is 0.363. The average molecular weight is 398 g/mol. The van der Waals surface area contributed by atoms with Gasteiger partial charge in [0.15, 0.2) is 5.78 Å². The topological polar surface area (TPSA) is 136 Å². The largest absolute Gasteiger partial charge is 0.490 e. The maximum absolute atomic E-state index is 11.6. The minimum Gasteiger partial charge on any atom is -0.475 e. The Morgan fingerprint density at radius 1 is 1.04 bits per heavy atom. The molecule has 0 saturated carbocycles. The van der Waals surface area contributed by atoms with E-state index in [9.17, 15) is 27.6 Å². The highest BCUT2D eigenvalue weighted by molar-refractivity contribution is 6.14. The number of carbonyl (C=O) groups excluding carboxylic acids is 3. The number of ketones is 1. The molecule has 2 amide bonds. The maximum atomic E-state index is 11.6. The molecule has 0 aromatic carbocycles. The molecule has 0 radical (unpaired) electrons. The van der Waals surface area contributed by atoms with Crippen molar-refractivity contribution in [3.63, 3.8) is 0 Å². The number of ether oxygens (including phenoxy) is 2. The van der Waals surface area contributed by atoms with Crippen LogP contribution >= 0.6 is 0 Å². The van der Waals surface area contributed by atoms with E-state index in [4.69, 9.17) is 25.1 Å². The van der Waals surface area contributed by atoms with Crippen LogP contribution in [0.3, 0.4) is 0 Å². The van der Waals surface area contributed by atoms with Gasteiger partial charge in [0.25, 0.3) is 11.8 Å². The average Bonchev–Trinajstić information content (AvgIpc) is 2.89. The van der Waals surface area contributed by atoms with Gasteiger partial charge < -0.3 is 20.3 Å². The van der Waals surface area contributed by atoms with Gasteiger partial charge in [0.1, 0.15) is 0 Å². The zero-order valence-electron chi connectivity index (χ0n) is 14.4. The van der Waals surface area contributed by atoms with Crippen molar-refractivity contribution in [2.75, 3.05) is 39.5 Å². The van der Waals surface area contributed by atoms with Gasteiger partial charge >= 0.3 is 12.1 Å². The van der Waals surface area contributed by atoms with Gasteiger partial charge in [-0.1, -0.05) is 0 Å². The van der Waals surface area contributed by atoms with Crippen molar-refractivity contribution in [1.29, 1.82) is 0 Å². The molecule has 12 heteroatoms. The number of alkyl halides is 3. The normalized spacial score (nSPS) is 13.6. The van der Waals surface area contributed by atoms with Gasteiger partial charge in [0.2, 0.25) is 0 Å². The lowest BCUT2D eigenvalue weighted by Gasteiger charge is -2.12. The fraction of sp³-hybridized carbons (Fsp3) is 0.600. The Hall–Kier alpha value is -2.31. The molecule has 0 unspecified atom stereocenters. The molecular weight excluding hydrogens is 377 g/mol. The van der Waals surface area contributed by atoms with Crippen LogP contribution in [0.15, 0.2) is 12.2 Å². The number of nitrogens with two attached hydrogens (primary N) is 1. The first kappa shape index (κ1) is 24.7. The van der Waals surface area contributed by atoms with E-state index >= 15 is 0 Å². The molecule has 0 saturated heterocycles. The van der Waals surface area contributed by atoms with Gasteiger partial charge in [-0.3, -0.25) is 19.3 Å². The minimum atomic E-state index is -5.08. The number of rotatable bonds is 11. The van der Waals surface area contributed by atoms with Gasteiger partial charge in [-0.05, 0) is 6.42 Å². The summed E-state index contributed by atoms with van der Waals surface area (Å²) in [6.45, 7) is 2.21. The van der Waals surface area contributed by atoms with E-state index in [2.05, 4.69) is 0 Å². The molecule has 1 rings (SSSR count). The molecule has 1 heterocycles. The Kier molecular flexibility index (Phi) is 11.8. The fourth-order valence-electron chi connectivity index (χ4n) is 1.62. The van der Waals surface area contributed by atoms with Crippen LogP contribution in [0.1, 0.15) is 12.8 Å². The lowest BCUT2D eigenvalue weighted by Crippen LogP contribution is -2.35. The summed E-state index contributed by atoms with van der Waals surface area (Å²) in [7, 11) is 0. The predicted octanol–water partition coefficient (Wildman–Crippen LogP) is -0.114. The van der Waals surface area contributed by atoms with Crippen LogP contribution in [0.25, 0.3) is 0 Å².